The molecule has 0 atom stereocenters. The molecule has 6 rings (SSSR count). The van der Waals surface area contributed by atoms with E-state index in [2.05, 4.69) is 6.07 Å². The van der Waals surface area contributed by atoms with Crippen molar-refractivity contribution in [2.75, 3.05) is 6.61 Å². The van der Waals surface area contributed by atoms with Crippen LogP contribution in [0.2, 0.25) is 0 Å². The van der Waals surface area contributed by atoms with Gasteiger partial charge in [0.15, 0.2) is 0 Å². The average molecular weight is 369 g/mol. The van der Waals surface area contributed by atoms with Gasteiger partial charge < -0.3 is 9.84 Å². The van der Waals surface area contributed by atoms with Crippen LogP contribution >= 0.6 is 0 Å². The molecular formula is C22H24FNO3. The molecule has 5 aliphatic rings. The van der Waals surface area contributed by atoms with E-state index < -0.39 is 17.2 Å². The van der Waals surface area contributed by atoms with E-state index in [1.54, 1.807) is 0 Å². The number of hydrogen-bond acceptors (Lipinski definition) is 3. The van der Waals surface area contributed by atoms with Crippen molar-refractivity contribution < 1.29 is 19.0 Å². The standard InChI is InChI=1S/C22H24FNO3/c23-19-9-20(17(14-1-2-14)8-18(19)21(25)26)27-11-22(10-24)15-4-12-3-13(6-15)7-16(22)5-12/h8-9,12-16H,1-7,11H2,(H,25,26). The molecule has 0 spiro atoms. The first kappa shape index (κ1) is 17.0. The summed E-state index contributed by atoms with van der Waals surface area (Å²) in [4.78, 5) is 11.3. The zero-order chi connectivity index (χ0) is 18.8. The molecule has 0 saturated heterocycles. The van der Waals surface area contributed by atoms with E-state index >= 15 is 0 Å². The Morgan fingerprint density at radius 2 is 1.81 bits per heavy atom. The number of nitrogens with zero attached hydrogens (tertiary/aromatic N) is 1. The Hall–Kier alpha value is -2.09. The molecule has 5 saturated carbocycles. The normalized spacial score (nSPS) is 36.4. The summed E-state index contributed by atoms with van der Waals surface area (Å²) >= 11 is 0. The molecule has 0 heterocycles. The Kier molecular flexibility index (Phi) is 3.76. The van der Waals surface area contributed by atoms with E-state index in [9.17, 15) is 19.6 Å². The van der Waals surface area contributed by atoms with Gasteiger partial charge in [0.25, 0.3) is 0 Å². The number of carbonyl (C=O) groups is 1. The summed E-state index contributed by atoms with van der Waals surface area (Å²) < 4.78 is 20.4. The van der Waals surface area contributed by atoms with Gasteiger partial charge in [-0.3, -0.25) is 0 Å². The minimum Gasteiger partial charge on any atom is -0.491 e. The second-order valence-corrected chi connectivity index (χ2v) is 9.19. The number of aromatic carboxylic acids is 1. The third kappa shape index (κ3) is 2.64. The van der Waals surface area contributed by atoms with Gasteiger partial charge in [0.1, 0.15) is 18.2 Å². The Morgan fingerprint density at radius 3 is 2.33 bits per heavy atom. The highest BCUT2D eigenvalue weighted by molar-refractivity contribution is 5.88. The molecule has 5 aliphatic carbocycles. The van der Waals surface area contributed by atoms with Gasteiger partial charge in [-0.15, -0.1) is 0 Å². The van der Waals surface area contributed by atoms with Gasteiger partial charge in [0, 0.05) is 6.07 Å². The van der Waals surface area contributed by atoms with Crippen LogP contribution in [-0.2, 0) is 0 Å². The summed E-state index contributed by atoms with van der Waals surface area (Å²) in [7, 11) is 0. The Morgan fingerprint density at radius 1 is 1.19 bits per heavy atom. The smallest absolute Gasteiger partial charge is 0.338 e. The van der Waals surface area contributed by atoms with E-state index in [0.717, 1.165) is 55.9 Å². The largest absolute Gasteiger partial charge is 0.491 e. The molecule has 142 valence electrons. The molecule has 0 radical (unpaired) electrons. The maximum absolute atomic E-state index is 14.3. The van der Waals surface area contributed by atoms with Crippen molar-refractivity contribution in [2.24, 2.45) is 29.1 Å². The topological polar surface area (TPSA) is 70.3 Å². The fraction of sp³-hybridized carbons (Fsp3) is 0.636. The van der Waals surface area contributed by atoms with Crippen molar-refractivity contribution in [2.45, 2.75) is 50.9 Å². The lowest BCUT2D eigenvalue weighted by molar-refractivity contribution is -0.0943. The van der Waals surface area contributed by atoms with E-state index in [1.807, 2.05) is 0 Å². The van der Waals surface area contributed by atoms with Crippen molar-refractivity contribution in [1.29, 1.82) is 5.26 Å². The van der Waals surface area contributed by atoms with Crippen LogP contribution in [0.4, 0.5) is 4.39 Å². The molecular weight excluding hydrogens is 345 g/mol. The second kappa shape index (κ2) is 5.95. The van der Waals surface area contributed by atoms with E-state index in [4.69, 9.17) is 4.74 Å². The highest BCUT2D eigenvalue weighted by Gasteiger charge is 2.58. The van der Waals surface area contributed by atoms with Crippen LogP contribution in [0, 0.1) is 46.2 Å². The lowest BCUT2D eigenvalue weighted by Gasteiger charge is -2.58. The Labute approximate surface area is 158 Å². The molecule has 0 amide bonds. The minimum absolute atomic E-state index is 0.246. The van der Waals surface area contributed by atoms with Crippen LogP contribution in [0.15, 0.2) is 12.1 Å². The van der Waals surface area contributed by atoms with E-state index in [-0.39, 0.29) is 11.5 Å². The Bertz CT molecular complexity index is 811. The second-order valence-electron chi connectivity index (χ2n) is 9.19. The molecule has 4 bridgehead atoms. The van der Waals surface area contributed by atoms with Gasteiger partial charge in [-0.05, 0) is 86.2 Å². The summed E-state index contributed by atoms with van der Waals surface area (Å²) in [6.45, 7) is 0.295. The van der Waals surface area contributed by atoms with Crippen molar-refractivity contribution in [3.05, 3.63) is 29.1 Å². The predicted molar refractivity (Wildman–Crippen MR) is 95.9 cm³/mol. The number of halogens is 1. The summed E-state index contributed by atoms with van der Waals surface area (Å²) in [6.07, 6.45) is 7.73. The fourth-order valence-electron chi connectivity index (χ4n) is 6.25. The van der Waals surface area contributed by atoms with Gasteiger partial charge in [0.2, 0.25) is 0 Å². The van der Waals surface area contributed by atoms with Crippen molar-refractivity contribution >= 4 is 5.97 Å². The number of carboxylic acids is 1. The van der Waals surface area contributed by atoms with Crippen LogP contribution < -0.4 is 4.74 Å². The summed E-state index contributed by atoms with van der Waals surface area (Å²) in [6, 6.07) is 5.28. The van der Waals surface area contributed by atoms with Crippen LogP contribution in [0.3, 0.4) is 0 Å². The predicted octanol–water partition coefficient (Wildman–Crippen LogP) is 4.75. The zero-order valence-electron chi connectivity index (χ0n) is 15.3. The number of carboxylic acid groups (broad SMARTS) is 1. The third-order valence-corrected chi connectivity index (χ3v) is 7.62. The number of benzene rings is 1. The number of hydrogen-bond donors (Lipinski definition) is 1. The first-order chi connectivity index (χ1) is 13.0. The molecule has 27 heavy (non-hydrogen) atoms. The van der Waals surface area contributed by atoms with Gasteiger partial charge in [-0.1, -0.05) is 0 Å². The van der Waals surface area contributed by atoms with Crippen molar-refractivity contribution in [1.82, 2.24) is 0 Å². The minimum atomic E-state index is -1.25. The number of ether oxygens (including phenoxy) is 1. The third-order valence-electron chi connectivity index (χ3n) is 7.62. The van der Waals surface area contributed by atoms with Crippen LogP contribution in [0.25, 0.3) is 0 Å². The molecule has 1 aromatic carbocycles. The molecule has 0 unspecified atom stereocenters. The lowest BCUT2D eigenvalue weighted by atomic mass is 9.46. The van der Waals surface area contributed by atoms with Gasteiger partial charge >= 0.3 is 5.97 Å². The van der Waals surface area contributed by atoms with Gasteiger partial charge in [-0.2, -0.15) is 5.26 Å². The maximum Gasteiger partial charge on any atom is 0.338 e. The van der Waals surface area contributed by atoms with Gasteiger partial charge in [-0.25, -0.2) is 9.18 Å². The van der Waals surface area contributed by atoms with Crippen LogP contribution in [-0.4, -0.2) is 17.7 Å². The number of rotatable bonds is 5. The summed E-state index contributed by atoms with van der Waals surface area (Å²) in [5, 5.41) is 19.3. The van der Waals surface area contributed by atoms with Crippen LogP contribution in [0.5, 0.6) is 5.75 Å². The quantitative estimate of drug-likeness (QED) is 0.813. The zero-order valence-corrected chi connectivity index (χ0v) is 15.3. The van der Waals surface area contributed by atoms with Gasteiger partial charge in [0.05, 0.1) is 17.0 Å². The summed E-state index contributed by atoms with van der Waals surface area (Å²) in [5.41, 5.74) is 0.00971. The van der Waals surface area contributed by atoms with E-state index in [0.29, 0.717) is 24.2 Å². The Balaban J connectivity index is 1.43. The SMILES string of the molecule is N#CC1(COc2cc(F)c(C(=O)O)cc2C2CC2)C2CC3CC(C2)CC1C3. The molecule has 4 nitrogen and oxygen atoms in total. The van der Waals surface area contributed by atoms with Crippen molar-refractivity contribution in [3.63, 3.8) is 0 Å². The highest BCUT2D eigenvalue weighted by atomic mass is 19.1. The molecule has 5 heteroatoms. The average Bonchev–Trinajstić information content (AvgIpc) is 3.46. The monoisotopic (exact) mass is 369 g/mol. The first-order valence-electron chi connectivity index (χ1n) is 10.1. The molecule has 5 fully saturated rings. The fourth-order valence-corrected chi connectivity index (χ4v) is 6.25. The molecule has 0 aromatic heterocycles. The molecule has 1 aromatic rings. The van der Waals surface area contributed by atoms with Crippen LogP contribution in [0.1, 0.15) is 66.8 Å². The summed E-state index contributed by atoms with van der Waals surface area (Å²) in [5.74, 6) is 0.955. The number of nitriles is 1. The first-order valence-corrected chi connectivity index (χ1v) is 10.1. The lowest BCUT2D eigenvalue weighted by Crippen LogP contribution is -2.54. The molecule has 0 aliphatic heterocycles. The van der Waals surface area contributed by atoms with E-state index in [1.165, 1.54) is 18.6 Å². The van der Waals surface area contributed by atoms with Crippen molar-refractivity contribution in [3.8, 4) is 11.8 Å². The maximum atomic E-state index is 14.3. The highest BCUT2D eigenvalue weighted by Crippen LogP contribution is 2.62. The molecule has 1 N–H and O–H groups in total.